The second kappa shape index (κ2) is 4.31. The lowest BCUT2D eigenvalue weighted by molar-refractivity contribution is -0.0531. The summed E-state index contributed by atoms with van der Waals surface area (Å²) < 4.78 is 6.48. The van der Waals surface area contributed by atoms with Crippen LogP contribution in [-0.2, 0) is 4.74 Å². The van der Waals surface area contributed by atoms with Crippen LogP contribution in [-0.4, -0.2) is 49.8 Å². The van der Waals surface area contributed by atoms with Gasteiger partial charge in [-0.3, -0.25) is 4.57 Å². The molecule has 0 aliphatic carbocycles. The topological polar surface area (TPSA) is 138 Å². The highest BCUT2D eigenvalue weighted by Gasteiger charge is 2.44. The first-order chi connectivity index (χ1) is 8.10. The molecule has 0 spiro atoms. The number of aliphatic hydroxyl groups is 3. The molecule has 0 radical (unpaired) electrons. The first-order valence-electron chi connectivity index (χ1n) is 4.95. The predicted octanol–water partition coefficient (Wildman–Crippen LogP) is -2.05. The van der Waals surface area contributed by atoms with E-state index in [4.69, 9.17) is 20.8 Å². The van der Waals surface area contributed by atoms with E-state index in [0.29, 0.717) is 0 Å². The summed E-state index contributed by atoms with van der Waals surface area (Å²) in [5.41, 5.74) is 5.50. The molecule has 0 bridgehead atoms. The lowest BCUT2D eigenvalue weighted by atomic mass is 10.1. The van der Waals surface area contributed by atoms with Crippen molar-refractivity contribution >= 4 is 5.82 Å². The van der Waals surface area contributed by atoms with Gasteiger partial charge in [0.2, 0.25) is 0 Å². The van der Waals surface area contributed by atoms with E-state index >= 15 is 0 Å². The van der Waals surface area contributed by atoms with Crippen molar-refractivity contribution in [1.29, 1.82) is 5.26 Å². The fraction of sp³-hybridized carbons (Fsp3) is 0.556. The summed E-state index contributed by atoms with van der Waals surface area (Å²) in [5.74, 6) is 0.0187. The third kappa shape index (κ3) is 1.75. The van der Waals surface area contributed by atoms with Crippen molar-refractivity contribution in [3.05, 3.63) is 12.0 Å². The molecule has 0 unspecified atom stereocenters. The van der Waals surface area contributed by atoms with Crippen LogP contribution in [0.1, 0.15) is 11.9 Å². The molecule has 1 aliphatic heterocycles. The minimum absolute atomic E-state index is 0.0187. The van der Waals surface area contributed by atoms with E-state index in [1.54, 1.807) is 0 Å². The Bertz CT molecular complexity index is 454. The molecule has 8 nitrogen and oxygen atoms in total. The molecule has 2 heterocycles. The molecule has 0 saturated carbocycles. The molecule has 1 aromatic heterocycles. The van der Waals surface area contributed by atoms with Crippen LogP contribution in [0.25, 0.3) is 0 Å². The van der Waals surface area contributed by atoms with E-state index in [9.17, 15) is 10.2 Å². The van der Waals surface area contributed by atoms with Crippen molar-refractivity contribution in [1.82, 2.24) is 9.55 Å². The van der Waals surface area contributed by atoms with Crippen LogP contribution in [0.15, 0.2) is 6.33 Å². The van der Waals surface area contributed by atoms with Crippen molar-refractivity contribution in [3.63, 3.8) is 0 Å². The lowest BCUT2D eigenvalue weighted by Gasteiger charge is -2.16. The van der Waals surface area contributed by atoms with Gasteiger partial charge in [-0.05, 0) is 0 Å². The van der Waals surface area contributed by atoms with E-state index < -0.39 is 31.1 Å². The maximum Gasteiger partial charge on any atom is 0.166 e. The van der Waals surface area contributed by atoms with Crippen LogP contribution in [0.5, 0.6) is 0 Å². The fourth-order valence-electron chi connectivity index (χ4n) is 1.79. The van der Waals surface area contributed by atoms with Gasteiger partial charge in [0.25, 0.3) is 0 Å². The van der Waals surface area contributed by atoms with Gasteiger partial charge in [-0.15, -0.1) is 0 Å². The van der Waals surface area contributed by atoms with Crippen LogP contribution in [0.4, 0.5) is 5.82 Å². The first kappa shape index (κ1) is 11.8. The molecule has 0 aromatic carbocycles. The smallest absolute Gasteiger partial charge is 0.166 e. The molecule has 4 atom stereocenters. The number of imidazole rings is 1. The Morgan fingerprint density at radius 2 is 2.24 bits per heavy atom. The summed E-state index contributed by atoms with van der Waals surface area (Å²) in [6.45, 7) is -0.430. The molecule has 1 saturated heterocycles. The Balaban J connectivity index is 2.33. The van der Waals surface area contributed by atoms with Crippen LogP contribution in [0, 0.1) is 11.3 Å². The zero-order valence-corrected chi connectivity index (χ0v) is 8.76. The molecule has 5 N–H and O–H groups in total. The highest BCUT2D eigenvalue weighted by atomic mass is 16.6. The van der Waals surface area contributed by atoms with Crippen molar-refractivity contribution in [2.24, 2.45) is 0 Å². The van der Waals surface area contributed by atoms with Gasteiger partial charge in [0.1, 0.15) is 30.7 Å². The number of hydrogen-bond acceptors (Lipinski definition) is 7. The molecule has 1 fully saturated rings. The Morgan fingerprint density at radius 3 is 2.76 bits per heavy atom. The summed E-state index contributed by atoms with van der Waals surface area (Å²) in [6, 6.07) is 1.83. The fourth-order valence-corrected chi connectivity index (χ4v) is 1.79. The van der Waals surface area contributed by atoms with E-state index in [1.165, 1.54) is 10.9 Å². The standard InChI is InChI=1S/C9H12N4O4/c10-1-4-8(11)12-3-13(4)9-7(16)6(15)5(2-14)17-9/h3,5-7,9,14-16H,2,11H2/t5-,6+,7+,9+/m0/s1. The normalized spacial score (nSPS) is 32.6. The number of ether oxygens (including phenoxy) is 1. The van der Waals surface area contributed by atoms with Crippen LogP contribution < -0.4 is 5.73 Å². The van der Waals surface area contributed by atoms with Gasteiger partial charge < -0.3 is 25.8 Å². The molecular formula is C9H12N4O4. The summed E-state index contributed by atoms with van der Waals surface area (Å²) in [4.78, 5) is 3.73. The van der Waals surface area contributed by atoms with Crippen molar-refractivity contribution in [2.45, 2.75) is 24.5 Å². The van der Waals surface area contributed by atoms with Gasteiger partial charge in [0.05, 0.1) is 6.61 Å². The summed E-state index contributed by atoms with van der Waals surface area (Å²) >= 11 is 0. The van der Waals surface area contributed by atoms with E-state index in [-0.39, 0.29) is 11.5 Å². The number of nitrogen functional groups attached to an aromatic ring is 1. The number of nitrogens with zero attached hydrogens (tertiary/aromatic N) is 3. The number of aliphatic hydroxyl groups excluding tert-OH is 3. The van der Waals surface area contributed by atoms with Gasteiger partial charge in [0, 0.05) is 0 Å². The van der Waals surface area contributed by atoms with Crippen molar-refractivity contribution in [2.75, 3.05) is 12.3 Å². The molecule has 17 heavy (non-hydrogen) atoms. The monoisotopic (exact) mass is 240 g/mol. The largest absolute Gasteiger partial charge is 0.394 e. The lowest BCUT2D eigenvalue weighted by Crippen LogP contribution is -2.33. The van der Waals surface area contributed by atoms with Crippen LogP contribution in [0.3, 0.4) is 0 Å². The summed E-state index contributed by atoms with van der Waals surface area (Å²) in [7, 11) is 0. The molecular weight excluding hydrogens is 228 g/mol. The van der Waals surface area contributed by atoms with Crippen molar-refractivity contribution in [3.8, 4) is 6.07 Å². The Labute approximate surface area is 96.5 Å². The Kier molecular flexibility index (Phi) is 2.99. The second-order valence-corrected chi connectivity index (χ2v) is 3.73. The molecule has 92 valence electrons. The third-order valence-corrected chi connectivity index (χ3v) is 2.72. The van der Waals surface area contributed by atoms with Crippen molar-refractivity contribution < 1.29 is 20.1 Å². The van der Waals surface area contributed by atoms with Crippen LogP contribution in [0.2, 0.25) is 0 Å². The molecule has 1 aromatic rings. The predicted molar refractivity (Wildman–Crippen MR) is 54.4 cm³/mol. The number of nitriles is 1. The zero-order valence-electron chi connectivity index (χ0n) is 8.76. The number of rotatable bonds is 2. The minimum Gasteiger partial charge on any atom is -0.394 e. The summed E-state index contributed by atoms with van der Waals surface area (Å²) in [5, 5.41) is 37.2. The maximum absolute atomic E-state index is 9.76. The van der Waals surface area contributed by atoms with Gasteiger partial charge in [-0.1, -0.05) is 0 Å². The number of aromatic nitrogens is 2. The first-order valence-corrected chi connectivity index (χ1v) is 4.95. The minimum atomic E-state index is -1.26. The molecule has 1 aliphatic rings. The molecule has 0 amide bonds. The average Bonchev–Trinajstić information content (AvgIpc) is 2.82. The maximum atomic E-state index is 9.76. The van der Waals surface area contributed by atoms with Gasteiger partial charge >= 0.3 is 0 Å². The summed E-state index contributed by atoms with van der Waals surface area (Å²) in [6.07, 6.45) is -3.12. The Hall–Kier alpha value is -1.66. The zero-order chi connectivity index (χ0) is 12.6. The average molecular weight is 240 g/mol. The number of nitrogens with two attached hydrogens (primary N) is 1. The molecule has 8 heteroatoms. The SMILES string of the molecule is N#Cc1c(N)ncn1[C@@H]1O[C@@H](CO)[C@@H](O)[C@H]1O. The second-order valence-electron chi connectivity index (χ2n) is 3.73. The van der Waals surface area contributed by atoms with E-state index in [0.717, 1.165) is 0 Å². The van der Waals surface area contributed by atoms with E-state index in [1.807, 2.05) is 6.07 Å². The highest BCUT2D eigenvalue weighted by Crippen LogP contribution is 2.30. The van der Waals surface area contributed by atoms with Gasteiger partial charge in [-0.25, -0.2) is 4.98 Å². The van der Waals surface area contributed by atoms with Crippen LogP contribution >= 0.6 is 0 Å². The number of anilines is 1. The third-order valence-electron chi connectivity index (χ3n) is 2.72. The van der Waals surface area contributed by atoms with Gasteiger partial charge in [-0.2, -0.15) is 5.26 Å². The molecule has 2 rings (SSSR count). The quantitative estimate of drug-likeness (QED) is 0.466. The highest BCUT2D eigenvalue weighted by molar-refractivity contribution is 5.44. The van der Waals surface area contributed by atoms with Gasteiger partial charge in [0.15, 0.2) is 17.7 Å². The number of hydrogen-bond donors (Lipinski definition) is 4. The van der Waals surface area contributed by atoms with E-state index in [2.05, 4.69) is 4.98 Å². The Morgan fingerprint density at radius 1 is 1.53 bits per heavy atom.